The number of benzene rings is 1. The van der Waals surface area contributed by atoms with Gasteiger partial charge >= 0.3 is 0 Å². The van der Waals surface area contributed by atoms with Gasteiger partial charge in [0.2, 0.25) is 5.91 Å². The highest BCUT2D eigenvalue weighted by atomic mass is 16.7. The lowest BCUT2D eigenvalue weighted by Gasteiger charge is -2.23. The molecule has 0 saturated carbocycles. The van der Waals surface area contributed by atoms with E-state index in [0.29, 0.717) is 32.1 Å². The molecule has 2 saturated heterocycles. The highest BCUT2D eigenvalue weighted by molar-refractivity contribution is 5.79. The molecule has 6 nitrogen and oxygen atoms in total. The van der Waals surface area contributed by atoms with Crippen LogP contribution in [0.5, 0.6) is 0 Å². The number of carbonyl (C=O) groups excluding carboxylic acids is 1. The average molecular weight is 334 g/mol. The Kier molecular flexibility index (Phi) is 6.20. The van der Waals surface area contributed by atoms with Crippen LogP contribution in [0.4, 0.5) is 0 Å². The summed E-state index contributed by atoms with van der Waals surface area (Å²) in [6.45, 7) is 3.42. The molecule has 2 N–H and O–H groups in total. The second-order valence-corrected chi connectivity index (χ2v) is 6.54. The molecule has 1 aromatic carbocycles. The van der Waals surface area contributed by atoms with E-state index in [1.807, 2.05) is 30.3 Å². The third-order valence-corrected chi connectivity index (χ3v) is 4.60. The molecule has 6 heteroatoms. The molecule has 24 heavy (non-hydrogen) atoms. The van der Waals surface area contributed by atoms with Crippen molar-refractivity contribution in [1.29, 1.82) is 0 Å². The third-order valence-electron chi connectivity index (χ3n) is 4.60. The number of nitrogens with two attached hydrogens (primary N) is 1. The van der Waals surface area contributed by atoms with Gasteiger partial charge in [0.1, 0.15) is 6.04 Å². The zero-order valence-corrected chi connectivity index (χ0v) is 13.9. The molecule has 0 spiro atoms. The zero-order valence-electron chi connectivity index (χ0n) is 13.9. The first-order valence-corrected chi connectivity index (χ1v) is 8.64. The van der Waals surface area contributed by atoms with Crippen molar-refractivity contribution in [2.75, 3.05) is 26.4 Å². The molecule has 3 rings (SSSR count). The van der Waals surface area contributed by atoms with Gasteiger partial charge in [-0.05, 0) is 24.3 Å². The molecule has 2 aliphatic rings. The van der Waals surface area contributed by atoms with Crippen LogP contribution in [-0.4, -0.2) is 49.5 Å². The molecule has 0 radical (unpaired) electrons. The number of carbonyl (C=O) groups is 1. The first-order chi connectivity index (χ1) is 11.7. The number of primary amides is 1. The van der Waals surface area contributed by atoms with E-state index in [-0.39, 0.29) is 18.1 Å². The predicted octanol–water partition coefficient (Wildman–Crippen LogP) is 1.49. The number of ether oxygens (including phenoxy) is 2. The molecular formula is C18H26N2O4. The Balaban J connectivity index is 1.41. The Morgan fingerprint density at radius 2 is 2.17 bits per heavy atom. The fourth-order valence-corrected chi connectivity index (χ4v) is 3.23. The molecule has 132 valence electrons. The van der Waals surface area contributed by atoms with Crippen molar-refractivity contribution >= 4 is 5.91 Å². The Hall–Kier alpha value is -1.47. The summed E-state index contributed by atoms with van der Waals surface area (Å²) >= 11 is 0. The fourth-order valence-electron chi connectivity index (χ4n) is 3.23. The summed E-state index contributed by atoms with van der Waals surface area (Å²) in [5.74, 6) is 0.0987. The molecule has 2 fully saturated rings. The number of hydrogen-bond acceptors (Lipinski definition) is 5. The molecule has 0 aromatic heterocycles. The van der Waals surface area contributed by atoms with E-state index in [4.69, 9.17) is 20.0 Å². The molecule has 0 aliphatic carbocycles. The smallest absolute Gasteiger partial charge is 0.237 e. The van der Waals surface area contributed by atoms with E-state index in [1.165, 1.54) is 0 Å². The first kappa shape index (κ1) is 17.4. The number of amides is 1. The van der Waals surface area contributed by atoms with E-state index in [9.17, 15) is 4.79 Å². The van der Waals surface area contributed by atoms with Crippen molar-refractivity contribution in [2.45, 2.75) is 38.0 Å². The third kappa shape index (κ3) is 4.77. The maximum atomic E-state index is 11.7. The van der Waals surface area contributed by atoms with E-state index in [0.717, 1.165) is 31.6 Å². The Morgan fingerprint density at radius 1 is 1.33 bits per heavy atom. The molecule has 2 heterocycles. The Morgan fingerprint density at radius 3 is 2.88 bits per heavy atom. The average Bonchev–Trinajstić information content (AvgIpc) is 3.23. The van der Waals surface area contributed by atoms with Crippen LogP contribution < -0.4 is 5.73 Å². The summed E-state index contributed by atoms with van der Waals surface area (Å²) in [5.41, 5.74) is 6.69. The van der Waals surface area contributed by atoms with E-state index in [2.05, 4.69) is 0 Å². The summed E-state index contributed by atoms with van der Waals surface area (Å²) in [6.07, 6.45) is 2.39. The van der Waals surface area contributed by atoms with Gasteiger partial charge in [0.05, 0.1) is 19.3 Å². The SMILES string of the molecule is NC(=O)C1CC(CCOCc2ccccc2)ON1CC1CCOC1. The van der Waals surface area contributed by atoms with Crippen molar-refractivity contribution in [2.24, 2.45) is 11.7 Å². The van der Waals surface area contributed by atoms with Gasteiger partial charge in [-0.3, -0.25) is 9.63 Å². The van der Waals surface area contributed by atoms with Gasteiger partial charge in [-0.25, -0.2) is 0 Å². The molecule has 2 aliphatic heterocycles. The minimum Gasteiger partial charge on any atom is -0.381 e. The lowest BCUT2D eigenvalue weighted by Crippen LogP contribution is -2.41. The molecule has 1 aromatic rings. The normalized spacial score (nSPS) is 27.6. The second kappa shape index (κ2) is 8.58. The zero-order chi connectivity index (χ0) is 16.8. The van der Waals surface area contributed by atoms with Crippen LogP contribution in [0.25, 0.3) is 0 Å². The van der Waals surface area contributed by atoms with Gasteiger partial charge in [-0.15, -0.1) is 0 Å². The highest BCUT2D eigenvalue weighted by Crippen LogP contribution is 2.26. The van der Waals surface area contributed by atoms with E-state index in [1.54, 1.807) is 5.06 Å². The van der Waals surface area contributed by atoms with Gasteiger partial charge in [0.15, 0.2) is 0 Å². The molecular weight excluding hydrogens is 308 g/mol. The minimum absolute atomic E-state index is 0.0133. The predicted molar refractivity (Wildman–Crippen MR) is 88.8 cm³/mol. The van der Waals surface area contributed by atoms with Crippen LogP contribution in [-0.2, 0) is 25.7 Å². The highest BCUT2D eigenvalue weighted by Gasteiger charge is 2.38. The second-order valence-electron chi connectivity index (χ2n) is 6.54. The van der Waals surface area contributed by atoms with Crippen molar-refractivity contribution in [1.82, 2.24) is 5.06 Å². The Labute approximate surface area is 142 Å². The lowest BCUT2D eigenvalue weighted by atomic mass is 10.1. The van der Waals surface area contributed by atoms with Crippen molar-refractivity contribution in [3.05, 3.63) is 35.9 Å². The van der Waals surface area contributed by atoms with Gasteiger partial charge in [-0.2, -0.15) is 5.06 Å². The summed E-state index contributed by atoms with van der Waals surface area (Å²) in [7, 11) is 0. The maximum absolute atomic E-state index is 11.7. The van der Waals surface area contributed by atoms with Crippen LogP contribution in [0.1, 0.15) is 24.8 Å². The van der Waals surface area contributed by atoms with Gasteiger partial charge in [0, 0.05) is 26.2 Å². The van der Waals surface area contributed by atoms with Crippen LogP contribution in [0.15, 0.2) is 30.3 Å². The van der Waals surface area contributed by atoms with Crippen molar-refractivity contribution in [3.8, 4) is 0 Å². The maximum Gasteiger partial charge on any atom is 0.237 e. The van der Waals surface area contributed by atoms with Crippen LogP contribution in [0.3, 0.4) is 0 Å². The van der Waals surface area contributed by atoms with E-state index < -0.39 is 0 Å². The van der Waals surface area contributed by atoms with Gasteiger partial charge in [-0.1, -0.05) is 30.3 Å². The quantitative estimate of drug-likeness (QED) is 0.729. The minimum atomic E-state index is -0.343. The fraction of sp³-hybridized carbons (Fsp3) is 0.611. The number of rotatable bonds is 8. The Bertz CT molecular complexity index is 519. The van der Waals surface area contributed by atoms with Crippen LogP contribution >= 0.6 is 0 Å². The van der Waals surface area contributed by atoms with Crippen LogP contribution in [0.2, 0.25) is 0 Å². The summed E-state index contributed by atoms with van der Waals surface area (Å²) in [6, 6.07) is 9.73. The topological polar surface area (TPSA) is 74.0 Å². The number of nitrogens with zero attached hydrogens (tertiary/aromatic N) is 1. The molecule has 0 bridgehead atoms. The largest absolute Gasteiger partial charge is 0.381 e. The monoisotopic (exact) mass is 334 g/mol. The van der Waals surface area contributed by atoms with Crippen molar-refractivity contribution < 1.29 is 19.1 Å². The molecule has 1 amide bonds. The summed E-state index contributed by atoms with van der Waals surface area (Å²) < 4.78 is 11.1. The van der Waals surface area contributed by atoms with Gasteiger partial charge < -0.3 is 15.2 Å². The summed E-state index contributed by atoms with van der Waals surface area (Å²) in [4.78, 5) is 17.6. The number of hydrogen-bond donors (Lipinski definition) is 1. The molecule has 3 unspecified atom stereocenters. The number of hydroxylamine groups is 2. The standard InChI is InChI=1S/C18H26N2O4/c19-18(21)17-10-16(24-20(17)11-15-6-8-22-13-15)7-9-23-12-14-4-2-1-3-5-14/h1-5,15-17H,6-13H2,(H2,19,21). The molecule has 3 atom stereocenters. The summed E-state index contributed by atoms with van der Waals surface area (Å²) in [5, 5.41) is 1.77. The van der Waals surface area contributed by atoms with E-state index >= 15 is 0 Å². The van der Waals surface area contributed by atoms with Gasteiger partial charge in [0.25, 0.3) is 0 Å². The lowest BCUT2D eigenvalue weighted by molar-refractivity contribution is -0.176. The first-order valence-electron chi connectivity index (χ1n) is 8.64. The van der Waals surface area contributed by atoms with Crippen molar-refractivity contribution in [3.63, 3.8) is 0 Å². The van der Waals surface area contributed by atoms with Crippen LogP contribution in [0, 0.1) is 5.92 Å².